The molecule has 0 spiro atoms. The Labute approximate surface area is 79.5 Å². The van der Waals surface area contributed by atoms with Crippen molar-refractivity contribution in [2.24, 2.45) is 0 Å². The summed E-state index contributed by atoms with van der Waals surface area (Å²) < 4.78 is 4.96. The van der Waals surface area contributed by atoms with Crippen molar-refractivity contribution in [3.8, 4) is 0 Å². The molecule has 0 rings (SSSR count). The van der Waals surface area contributed by atoms with Gasteiger partial charge < -0.3 is 14.7 Å². The van der Waals surface area contributed by atoms with Crippen molar-refractivity contribution in [1.82, 2.24) is 4.90 Å². The van der Waals surface area contributed by atoms with Crippen LogP contribution >= 0.6 is 0 Å². The first-order chi connectivity index (χ1) is 6.26. The van der Waals surface area contributed by atoms with Crippen LogP contribution in [-0.4, -0.2) is 42.4 Å². The third-order valence-corrected chi connectivity index (χ3v) is 1.73. The van der Waals surface area contributed by atoms with E-state index in [4.69, 9.17) is 9.84 Å². The summed E-state index contributed by atoms with van der Waals surface area (Å²) >= 11 is 0. The molecule has 0 saturated carbocycles. The SMILES string of the molecule is CCCCOC(=O)N(CC)CCO. The van der Waals surface area contributed by atoms with E-state index in [1.54, 1.807) is 0 Å². The molecule has 0 saturated heterocycles. The quantitative estimate of drug-likeness (QED) is 0.639. The minimum atomic E-state index is -0.329. The van der Waals surface area contributed by atoms with Gasteiger partial charge in [-0.05, 0) is 13.3 Å². The Morgan fingerprint density at radius 2 is 2.15 bits per heavy atom. The fourth-order valence-corrected chi connectivity index (χ4v) is 0.894. The lowest BCUT2D eigenvalue weighted by molar-refractivity contribution is 0.0951. The average Bonchev–Trinajstić information content (AvgIpc) is 2.14. The van der Waals surface area contributed by atoms with E-state index in [9.17, 15) is 4.79 Å². The van der Waals surface area contributed by atoms with Crippen molar-refractivity contribution >= 4 is 6.09 Å². The average molecular weight is 189 g/mol. The molecule has 0 unspecified atom stereocenters. The standard InChI is InChI=1S/C9H19NO3/c1-3-5-8-13-9(12)10(4-2)6-7-11/h11H,3-8H2,1-2H3. The maximum Gasteiger partial charge on any atom is 0.409 e. The monoisotopic (exact) mass is 189 g/mol. The molecule has 0 aliphatic heterocycles. The van der Waals surface area contributed by atoms with E-state index in [1.807, 2.05) is 13.8 Å². The van der Waals surface area contributed by atoms with Crippen molar-refractivity contribution in [3.63, 3.8) is 0 Å². The fourth-order valence-electron chi connectivity index (χ4n) is 0.894. The van der Waals surface area contributed by atoms with Crippen LogP contribution in [0.5, 0.6) is 0 Å². The van der Waals surface area contributed by atoms with Gasteiger partial charge >= 0.3 is 6.09 Å². The smallest absolute Gasteiger partial charge is 0.409 e. The highest BCUT2D eigenvalue weighted by Gasteiger charge is 2.10. The molecule has 0 atom stereocenters. The van der Waals surface area contributed by atoms with Crippen LogP contribution in [0, 0.1) is 0 Å². The molecule has 4 heteroatoms. The molecule has 0 heterocycles. The fraction of sp³-hybridized carbons (Fsp3) is 0.889. The Morgan fingerprint density at radius 3 is 2.62 bits per heavy atom. The summed E-state index contributed by atoms with van der Waals surface area (Å²) in [5.41, 5.74) is 0. The van der Waals surface area contributed by atoms with Crippen molar-refractivity contribution in [2.75, 3.05) is 26.3 Å². The summed E-state index contributed by atoms with van der Waals surface area (Å²) in [5.74, 6) is 0. The number of ether oxygens (including phenoxy) is 1. The Morgan fingerprint density at radius 1 is 1.46 bits per heavy atom. The van der Waals surface area contributed by atoms with Gasteiger partial charge in [-0.3, -0.25) is 0 Å². The van der Waals surface area contributed by atoms with Crippen LogP contribution in [0.2, 0.25) is 0 Å². The number of rotatable bonds is 6. The Balaban J connectivity index is 3.64. The van der Waals surface area contributed by atoms with Gasteiger partial charge in [0.15, 0.2) is 0 Å². The molecular formula is C9H19NO3. The predicted molar refractivity (Wildman–Crippen MR) is 50.6 cm³/mol. The molecule has 0 aromatic carbocycles. The lowest BCUT2D eigenvalue weighted by Crippen LogP contribution is -2.34. The first kappa shape index (κ1) is 12.2. The van der Waals surface area contributed by atoms with Gasteiger partial charge in [-0.15, -0.1) is 0 Å². The van der Waals surface area contributed by atoms with Gasteiger partial charge in [0, 0.05) is 13.1 Å². The van der Waals surface area contributed by atoms with E-state index >= 15 is 0 Å². The number of carbonyl (C=O) groups is 1. The number of nitrogens with zero attached hydrogens (tertiary/aromatic N) is 1. The zero-order valence-corrected chi connectivity index (χ0v) is 8.45. The summed E-state index contributed by atoms with van der Waals surface area (Å²) in [5, 5.41) is 8.64. The number of likely N-dealkylation sites (N-methyl/N-ethyl adjacent to an activating group) is 1. The second-order valence-electron chi connectivity index (χ2n) is 2.77. The van der Waals surface area contributed by atoms with Crippen LogP contribution in [0.3, 0.4) is 0 Å². The van der Waals surface area contributed by atoms with Crippen LogP contribution in [0.25, 0.3) is 0 Å². The van der Waals surface area contributed by atoms with E-state index in [1.165, 1.54) is 4.90 Å². The maximum absolute atomic E-state index is 11.2. The number of amides is 1. The number of hydrogen-bond donors (Lipinski definition) is 1. The third kappa shape index (κ3) is 5.47. The Hall–Kier alpha value is -0.770. The van der Waals surface area contributed by atoms with Gasteiger partial charge in [0.25, 0.3) is 0 Å². The number of hydrogen-bond acceptors (Lipinski definition) is 3. The van der Waals surface area contributed by atoms with Gasteiger partial charge in [0.2, 0.25) is 0 Å². The number of carbonyl (C=O) groups excluding carboxylic acids is 1. The van der Waals surface area contributed by atoms with Gasteiger partial charge in [-0.25, -0.2) is 4.79 Å². The molecule has 78 valence electrons. The summed E-state index contributed by atoms with van der Waals surface area (Å²) in [4.78, 5) is 12.7. The predicted octanol–water partition coefficient (Wildman–Crippen LogP) is 1.24. The van der Waals surface area contributed by atoms with Gasteiger partial charge in [0.05, 0.1) is 13.2 Å². The molecule has 0 aromatic rings. The topological polar surface area (TPSA) is 49.8 Å². The Kier molecular flexibility index (Phi) is 7.39. The van der Waals surface area contributed by atoms with Crippen molar-refractivity contribution in [2.45, 2.75) is 26.7 Å². The second kappa shape index (κ2) is 7.86. The molecule has 0 fully saturated rings. The Bertz CT molecular complexity index is 139. The highest BCUT2D eigenvalue weighted by atomic mass is 16.6. The highest BCUT2D eigenvalue weighted by Crippen LogP contribution is 1.95. The van der Waals surface area contributed by atoms with E-state index in [2.05, 4.69) is 0 Å². The van der Waals surface area contributed by atoms with Gasteiger partial charge in [0.1, 0.15) is 0 Å². The number of aliphatic hydroxyl groups is 1. The van der Waals surface area contributed by atoms with Gasteiger partial charge in [-0.2, -0.15) is 0 Å². The minimum Gasteiger partial charge on any atom is -0.449 e. The highest BCUT2D eigenvalue weighted by molar-refractivity contribution is 5.67. The maximum atomic E-state index is 11.2. The van der Waals surface area contributed by atoms with E-state index < -0.39 is 0 Å². The molecule has 4 nitrogen and oxygen atoms in total. The summed E-state index contributed by atoms with van der Waals surface area (Å²) in [6.07, 6.45) is 1.58. The normalized spacial score (nSPS) is 9.77. The summed E-state index contributed by atoms with van der Waals surface area (Å²) in [6.45, 7) is 5.27. The zero-order valence-electron chi connectivity index (χ0n) is 8.45. The second-order valence-corrected chi connectivity index (χ2v) is 2.77. The van der Waals surface area contributed by atoms with Crippen LogP contribution in [0.15, 0.2) is 0 Å². The van der Waals surface area contributed by atoms with E-state index in [0.717, 1.165) is 12.8 Å². The molecule has 13 heavy (non-hydrogen) atoms. The molecule has 0 aromatic heterocycles. The molecule has 0 bridgehead atoms. The summed E-state index contributed by atoms with van der Waals surface area (Å²) in [6, 6.07) is 0. The minimum absolute atomic E-state index is 0.0171. The van der Waals surface area contributed by atoms with Crippen LogP contribution in [-0.2, 0) is 4.74 Å². The lowest BCUT2D eigenvalue weighted by atomic mass is 10.4. The first-order valence-electron chi connectivity index (χ1n) is 4.78. The van der Waals surface area contributed by atoms with Crippen LogP contribution in [0.4, 0.5) is 4.79 Å². The molecule has 0 aliphatic rings. The lowest BCUT2D eigenvalue weighted by Gasteiger charge is -2.18. The van der Waals surface area contributed by atoms with Gasteiger partial charge in [-0.1, -0.05) is 13.3 Å². The van der Waals surface area contributed by atoms with Crippen molar-refractivity contribution in [3.05, 3.63) is 0 Å². The summed E-state index contributed by atoms with van der Waals surface area (Å²) in [7, 11) is 0. The largest absolute Gasteiger partial charge is 0.449 e. The number of unbranched alkanes of at least 4 members (excludes halogenated alkanes) is 1. The van der Waals surface area contributed by atoms with E-state index in [-0.39, 0.29) is 12.7 Å². The zero-order chi connectivity index (χ0) is 10.1. The molecule has 0 aliphatic carbocycles. The van der Waals surface area contributed by atoms with E-state index in [0.29, 0.717) is 19.7 Å². The van der Waals surface area contributed by atoms with Crippen molar-refractivity contribution < 1.29 is 14.6 Å². The van der Waals surface area contributed by atoms with Crippen molar-refractivity contribution in [1.29, 1.82) is 0 Å². The van der Waals surface area contributed by atoms with Crippen LogP contribution < -0.4 is 0 Å². The molecule has 0 radical (unpaired) electrons. The first-order valence-corrected chi connectivity index (χ1v) is 4.78. The molecule has 1 amide bonds. The number of aliphatic hydroxyl groups excluding tert-OH is 1. The molecule has 1 N–H and O–H groups in total. The molecular weight excluding hydrogens is 170 g/mol. The third-order valence-electron chi connectivity index (χ3n) is 1.73. The van der Waals surface area contributed by atoms with Crippen LogP contribution in [0.1, 0.15) is 26.7 Å².